The maximum absolute atomic E-state index is 14.7. The molecule has 5 atom stereocenters. The van der Waals surface area contributed by atoms with Gasteiger partial charge >= 0.3 is 6.09 Å². The molecule has 0 radical (unpaired) electrons. The first-order valence-corrected chi connectivity index (χ1v) is 19.1. The lowest BCUT2D eigenvalue weighted by atomic mass is 10.0. The summed E-state index contributed by atoms with van der Waals surface area (Å²) in [5.74, 6) is -3.37. The molecule has 52 heavy (non-hydrogen) atoms. The Balaban J connectivity index is 1.51. The number of hydrogen-bond acceptors (Lipinski definition) is 9. The molecule has 1 aliphatic heterocycles. The number of benzene rings is 1. The maximum Gasteiger partial charge on any atom is 0.408 e. The van der Waals surface area contributed by atoms with E-state index in [1.165, 1.54) is 18.0 Å². The van der Waals surface area contributed by atoms with Crippen LogP contribution in [0.25, 0.3) is 10.8 Å². The average molecular weight is 804 g/mol. The van der Waals surface area contributed by atoms with E-state index in [1.54, 1.807) is 33.0 Å². The summed E-state index contributed by atoms with van der Waals surface area (Å²) in [5.41, 5.74) is -2.76. The predicted octanol–water partition coefficient (Wildman–Crippen LogP) is 2.81. The van der Waals surface area contributed by atoms with Gasteiger partial charge in [-0.25, -0.2) is 18.2 Å². The fourth-order valence-corrected chi connectivity index (χ4v) is 8.34. The molecule has 2 saturated carbocycles. The number of carbonyl (C=O) groups is 5. The minimum absolute atomic E-state index is 0.0809. The van der Waals surface area contributed by atoms with Gasteiger partial charge < -0.3 is 25.0 Å². The Labute approximate surface area is 310 Å². The van der Waals surface area contributed by atoms with Crippen molar-refractivity contribution in [2.45, 2.75) is 81.0 Å². The van der Waals surface area contributed by atoms with E-state index in [1.807, 2.05) is 18.2 Å². The lowest BCUT2D eigenvalue weighted by Gasteiger charge is -2.42. The number of sulfonamides is 1. The van der Waals surface area contributed by atoms with Gasteiger partial charge in [-0.1, -0.05) is 34.7 Å². The van der Waals surface area contributed by atoms with Crippen molar-refractivity contribution in [2.24, 2.45) is 5.92 Å². The van der Waals surface area contributed by atoms with Gasteiger partial charge in [0.2, 0.25) is 33.6 Å². The molecule has 2 aliphatic carbocycles. The number of pyridine rings is 1. The normalized spacial score (nSPS) is 23.2. The number of fused-ring (bicyclic) bond motifs is 1. The van der Waals surface area contributed by atoms with Gasteiger partial charge in [0, 0.05) is 41.0 Å². The highest BCUT2D eigenvalue weighted by Crippen LogP contribution is 2.45. The topological polar surface area (TPSA) is 196 Å². The standard InChI is InChI=1S/C35H43BrN6O9S/c1-7-21-17-35(21,32(46)39-52(49,50)24-11-12-24)38-29(44)26-16-23(51-30-25-15-22(36)10-9-20(25)13-14-37-30)18-41(26)31(45)27(19-40(6)28(43)8-2)42(33(47)48)34(3,4)5/h7-10,13-15,21,23-24,26-27H,1-2,11-12,16-19H2,3-6H3,(H,38,44)(H,39,46)(H,47,48)/t21-,23-,26+,27+,35-/m1/s1. The zero-order chi connectivity index (χ0) is 38.3. The van der Waals surface area contributed by atoms with E-state index in [0.717, 1.165) is 25.7 Å². The first kappa shape index (κ1) is 38.7. The van der Waals surface area contributed by atoms with Crippen LogP contribution in [0.3, 0.4) is 0 Å². The van der Waals surface area contributed by atoms with Crippen molar-refractivity contribution in [3.63, 3.8) is 0 Å². The molecule has 5 amide bonds. The number of carboxylic acid groups (broad SMARTS) is 1. The van der Waals surface area contributed by atoms with E-state index in [2.05, 4.69) is 44.1 Å². The van der Waals surface area contributed by atoms with Gasteiger partial charge in [0.05, 0.1) is 18.3 Å². The van der Waals surface area contributed by atoms with Gasteiger partial charge in [0.25, 0.3) is 5.91 Å². The Hall–Kier alpha value is -4.51. The SMILES string of the molecule is C=CC(=O)N(C)C[C@@H](C(=O)N1C[C@H](Oc2nccc3ccc(Br)cc23)C[C@H]1C(=O)N[C@]1(C(=O)NS(=O)(=O)C2CC2)C[C@H]1C=C)N(C(=O)O)C(C)(C)C. The Morgan fingerprint density at radius 3 is 2.46 bits per heavy atom. The summed E-state index contributed by atoms with van der Waals surface area (Å²) in [5, 5.41) is 13.9. The van der Waals surface area contributed by atoms with Gasteiger partial charge in [0.1, 0.15) is 23.7 Å². The minimum Gasteiger partial charge on any atom is -0.472 e. The van der Waals surface area contributed by atoms with E-state index in [0.29, 0.717) is 18.2 Å². The molecule has 2 aromatic rings. The van der Waals surface area contributed by atoms with Crippen molar-refractivity contribution in [3.8, 4) is 5.88 Å². The number of ether oxygens (including phenoxy) is 1. The molecule has 1 aromatic carbocycles. The quantitative estimate of drug-likeness (QED) is 0.200. The van der Waals surface area contributed by atoms with Crippen molar-refractivity contribution >= 4 is 66.4 Å². The number of hydrogen-bond donors (Lipinski definition) is 3. The van der Waals surface area contributed by atoms with Gasteiger partial charge in [0.15, 0.2) is 0 Å². The Bertz CT molecular complexity index is 1930. The summed E-state index contributed by atoms with van der Waals surface area (Å²) in [6, 6.07) is 4.57. The second-order valence-corrected chi connectivity index (χ2v) is 17.3. The highest BCUT2D eigenvalue weighted by Gasteiger charge is 2.62. The highest BCUT2D eigenvalue weighted by atomic mass is 79.9. The van der Waals surface area contributed by atoms with Crippen molar-refractivity contribution in [1.29, 1.82) is 0 Å². The van der Waals surface area contributed by atoms with Crippen LogP contribution >= 0.6 is 15.9 Å². The van der Waals surface area contributed by atoms with Gasteiger partial charge in [-0.3, -0.25) is 28.8 Å². The molecule has 0 bridgehead atoms. The summed E-state index contributed by atoms with van der Waals surface area (Å²) in [6.07, 6.45) is 2.64. The molecule has 3 N–H and O–H groups in total. The van der Waals surface area contributed by atoms with Gasteiger partial charge in [-0.15, -0.1) is 6.58 Å². The molecule has 280 valence electrons. The minimum atomic E-state index is -3.95. The van der Waals surface area contributed by atoms with Crippen LogP contribution in [0, 0.1) is 5.92 Å². The van der Waals surface area contributed by atoms with Crippen molar-refractivity contribution < 1.29 is 42.2 Å². The lowest BCUT2D eigenvalue weighted by Crippen LogP contribution is -2.63. The van der Waals surface area contributed by atoms with Crippen LogP contribution < -0.4 is 14.8 Å². The number of aromatic nitrogens is 1. The van der Waals surface area contributed by atoms with E-state index in [4.69, 9.17) is 4.74 Å². The second kappa shape index (κ2) is 14.5. The van der Waals surface area contributed by atoms with Crippen LogP contribution in [0.15, 0.2) is 60.2 Å². The van der Waals surface area contributed by atoms with Gasteiger partial charge in [-0.05, 0) is 69.7 Å². The number of likely N-dealkylation sites (tertiary alicyclic amines) is 1. The summed E-state index contributed by atoms with van der Waals surface area (Å²) < 4.78 is 34.6. The number of halogens is 1. The first-order valence-electron chi connectivity index (χ1n) is 16.7. The Morgan fingerprint density at radius 1 is 1.19 bits per heavy atom. The van der Waals surface area contributed by atoms with E-state index < -0.39 is 80.2 Å². The molecule has 5 rings (SSSR count). The number of carbonyl (C=O) groups excluding carboxylic acids is 4. The van der Waals surface area contributed by atoms with E-state index in [-0.39, 0.29) is 31.8 Å². The third-order valence-corrected chi connectivity index (χ3v) is 11.9. The van der Waals surface area contributed by atoms with Crippen LogP contribution in [0.5, 0.6) is 5.88 Å². The largest absolute Gasteiger partial charge is 0.472 e. The molecule has 0 spiro atoms. The average Bonchev–Trinajstić information content (AvgIpc) is 4.00. The third kappa shape index (κ3) is 7.94. The second-order valence-electron chi connectivity index (χ2n) is 14.4. The lowest BCUT2D eigenvalue weighted by molar-refractivity contribution is -0.145. The molecule has 1 saturated heterocycles. The van der Waals surface area contributed by atoms with Crippen LogP contribution in [0.1, 0.15) is 46.5 Å². The van der Waals surface area contributed by atoms with Crippen molar-refractivity contribution in [2.75, 3.05) is 20.1 Å². The number of likely N-dealkylation sites (N-methyl/N-ethyl adjacent to an activating group) is 1. The zero-order valence-electron chi connectivity index (χ0n) is 29.4. The van der Waals surface area contributed by atoms with Crippen molar-refractivity contribution in [3.05, 3.63) is 60.2 Å². The number of nitrogens with one attached hydrogen (secondary N) is 2. The summed E-state index contributed by atoms with van der Waals surface area (Å²) in [7, 11) is -2.55. The summed E-state index contributed by atoms with van der Waals surface area (Å²) in [4.78, 5) is 75.4. The van der Waals surface area contributed by atoms with Gasteiger partial charge in [-0.2, -0.15) is 0 Å². The third-order valence-electron chi connectivity index (χ3n) is 9.59. The van der Waals surface area contributed by atoms with Crippen LogP contribution in [0.4, 0.5) is 4.79 Å². The smallest absolute Gasteiger partial charge is 0.408 e. The molecule has 1 aromatic heterocycles. The number of amides is 5. The fraction of sp³-hybridized carbons (Fsp3) is 0.486. The van der Waals surface area contributed by atoms with Crippen LogP contribution in [-0.4, -0.2) is 118 Å². The predicted molar refractivity (Wildman–Crippen MR) is 194 cm³/mol. The monoisotopic (exact) mass is 802 g/mol. The number of nitrogens with zero attached hydrogens (tertiary/aromatic N) is 4. The molecule has 17 heteroatoms. The van der Waals surface area contributed by atoms with Crippen molar-refractivity contribution in [1.82, 2.24) is 29.7 Å². The maximum atomic E-state index is 14.7. The molecular formula is C35H43BrN6O9S. The summed E-state index contributed by atoms with van der Waals surface area (Å²) in [6.45, 7) is 11.5. The first-order chi connectivity index (χ1) is 24.3. The van der Waals surface area contributed by atoms with Crippen LogP contribution in [0.2, 0.25) is 0 Å². The molecular weight excluding hydrogens is 760 g/mol. The Kier molecular flexibility index (Phi) is 10.8. The summed E-state index contributed by atoms with van der Waals surface area (Å²) >= 11 is 3.46. The molecule has 15 nitrogen and oxygen atoms in total. The Morgan fingerprint density at radius 2 is 1.88 bits per heavy atom. The zero-order valence-corrected chi connectivity index (χ0v) is 31.8. The van der Waals surface area contributed by atoms with Crippen LogP contribution in [-0.2, 0) is 29.2 Å². The molecule has 2 heterocycles. The number of rotatable bonds is 13. The van der Waals surface area contributed by atoms with E-state index >= 15 is 0 Å². The fourth-order valence-electron chi connectivity index (χ4n) is 6.61. The van der Waals surface area contributed by atoms with E-state index in [9.17, 15) is 37.5 Å². The molecule has 3 fully saturated rings. The highest BCUT2D eigenvalue weighted by molar-refractivity contribution is 9.10. The molecule has 3 aliphatic rings. The molecule has 0 unspecified atom stereocenters.